The molecule has 0 saturated heterocycles. The molecule has 0 aliphatic carbocycles. The van der Waals surface area contributed by atoms with Crippen LogP contribution in [0.4, 0.5) is 0 Å². The Morgan fingerprint density at radius 1 is 1.45 bits per heavy atom. The number of hydrogen-bond acceptors (Lipinski definition) is 3. The smallest absolute Gasteiger partial charge is 0.218 e. The number of sulfonamides is 1. The minimum absolute atomic E-state index is 0.124. The van der Waals surface area contributed by atoms with Crippen LogP contribution < -0.4 is 5.73 Å². The highest BCUT2D eigenvalue weighted by Gasteiger charge is 2.13. The molecule has 0 aliphatic heterocycles. The molecule has 0 aromatic heterocycles. The van der Waals surface area contributed by atoms with E-state index in [1.165, 1.54) is 14.1 Å². The lowest BCUT2D eigenvalue weighted by Crippen LogP contribution is -2.27. The third-order valence-corrected chi connectivity index (χ3v) is 3.00. The highest BCUT2D eigenvalue weighted by atomic mass is 32.2. The molecule has 0 rings (SSSR count). The number of carbonyl (C=O) groups excluding carboxylic acids is 1. The molecule has 0 bridgehead atoms. The van der Waals surface area contributed by atoms with Crippen molar-refractivity contribution >= 4 is 15.9 Å². The van der Waals surface area contributed by atoms with Gasteiger partial charge in [0.15, 0.2) is 0 Å². The van der Waals surface area contributed by atoms with Crippen LogP contribution in [0, 0.1) is 0 Å². The van der Waals surface area contributed by atoms with Crippen LogP contribution in [0.3, 0.4) is 0 Å². The first-order chi connectivity index (χ1) is 4.86. The van der Waals surface area contributed by atoms with Gasteiger partial charge < -0.3 is 5.73 Å². The van der Waals surface area contributed by atoms with Gasteiger partial charge in [-0.2, -0.15) is 0 Å². The number of hydrogen-bond donors (Lipinski definition) is 1. The molecule has 0 unspecified atom stereocenters. The van der Waals surface area contributed by atoms with Crippen LogP contribution in [0.15, 0.2) is 0 Å². The van der Waals surface area contributed by atoms with Gasteiger partial charge in [-0.3, -0.25) is 4.79 Å². The zero-order valence-electron chi connectivity index (χ0n) is 6.57. The Bertz CT molecular complexity index is 232. The van der Waals surface area contributed by atoms with Crippen molar-refractivity contribution in [2.24, 2.45) is 5.73 Å². The summed E-state index contributed by atoms with van der Waals surface area (Å²) in [6.45, 7) is 0. The van der Waals surface area contributed by atoms with Gasteiger partial charge in [0.2, 0.25) is 15.9 Å². The molecule has 11 heavy (non-hydrogen) atoms. The quantitative estimate of drug-likeness (QED) is 0.587. The molecule has 0 fully saturated rings. The minimum atomic E-state index is -3.26. The van der Waals surface area contributed by atoms with Crippen LogP contribution in [0.1, 0.15) is 6.42 Å². The monoisotopic (exact) mass is 180 g/mol. The molecule has 0 saturated carbocycles. The third kappa shape index (κ3) is 3.94. The topological polar surface area (TPSA) is 80.5 Å². The van der Waals surface area contributed by atoms with Gasteiger partial charge in [-0.25, -0.2) is 12.7 Å². The molecule has 1 amide bonds. The summed E-state index contributed by atoms with van der Waals surface area (Å²) in [6.07, 6.45) is -0.124. The van der Waals surface area contributed by atoms with Crippen molar-refractivity contribution in [3.8, 4) is 0 Å². The predicted molar refractivity (Wildman–Crippen MR) is 41.3 cm³/mol. The molecule has 0 heterocycles. The second kappa shape index (κ2) is 3.68. The van der Waals surface area contributed by atoms with Crippen LogP contribution in [-0.2, 0) is 14.8 Å². The van der Waals surface area contributed by atoms with Gasteiger partial charge in [-0.1, -0.05) is 0 Å². The Labute approximate surface area is 66.2 Å². The zero-order valence-corrected chi connectivity index (χ0v) is 7.39. The van der Waals surface area contributed by atoms with Gasteiger partial charge >= 0.3 is 0 Å². The fourth-order valence-corrected chi connectivity index (χ4v) is 1.24. The summed E-state index contributed by atoms with van der Waals surface area (Å²) in [6, 6.07) is 0. The van der Waals surface area contributed by atoms with Gasteiger partial charge in [0.25, 0.3) is 0 Å². The van der Waals surface area contributed by atoms with Gasteiger partial charge in [0, 0.05) is 20.5 Å². The molecule has 0 atom stereocenters. The van der Waals surface area contributed by atoms with Gasteiger partial charge in [0.1, 0.15) is 0 Å². The summed E-state index contributed by atoms with van der Waals surface area (Å²) in [5.41, 5.74) is 4.78. The number of primary amides is 1. The molecule has 66 valence electrons. The largest absolute Gasteiger partial charge is 0.370 e. The average molecular weight is 180 g/mol. The molecule has 5 nitrogen and oxygen atoms in total. The summed E-state index contributed by atoms with van der Waals surface area (Å²) >= 11 is 0. The molecule has 6 heteroatoms. The average Bonchev–Trinajstić information content (AvgIpc) is 1.84. The zero-order chi connectivity index (χ0) is 9.07. The van der Waals surface area contributed by atoms with Crippen molar-refractivity contribution < 1.29 is 13.2 Å². The van der Waals surface area contributed by atoms with E-state index in [1.54, 1.807) is 0 Å². The molecular weight excluding hydrogens is 168 g/mol. The van der Waals surface area contributed by atoms with E-state index in [0.717, 1.165) is 4.31 Å². The van der Waals surface area contributed by atoms with Gasteiger partial charge in [-0.05, 0) is 0 Å². The minimum Gasteiger partial charge on any atom is -0.370 e. The van der Waals surface area contributed by atoms with Crippen molar-refractivity contribution in [2.45, 2.75) is 6.42 Å². The molecule has 0 aromatic rings. The Hall–Kier alpha value is -0.620. The maximum absolute atomic E-state index is 11.0. The summed E-state index contributed by atoms with van der Waals surface area (Å²) < 4.78 is 23.0. The number of amides is 1. The second-order valence-electron chi connectivity index (χ2n) is 2.31. The van der Waals surface area contributed by atoms with E-state index in [0.29, 0.717) is 0 Å². The predicted octanol–water partition coefficient (Wildman–Crippen LogP) is -1.25. The Morgan fingerprint density at radius 3 is 2.18 bits per heavy atom. The lowest BCUT2D eigenvalue weighted by Gasteiger charge is -2.09. The molecule has 2 N–H and O–H groups in total. The third-order valence-electron chi connectivity index (χ3n) is 1.16. The molecule has 0 aliphatic rings. The second-order valence-corrected chi connectivity index (χ2v) is 4.62. The van der Waals surface area contributed by atoms with Gasteiger partial charge in [0.05, 0.1) is 5.75 Å². The Morgan fingerprint density at radius 2 is 1.91 bits per heavy atom. The first kappa shape index (κ1) is 10.4. The van der Waals surface area contributed by atoms with E-state index in [-0.39, 0.29) is 12.2 Å². The number of rotatable bonds is 4. The standard InChI is InChI=1S/C5H12N2O3S/c1-7(2)11(9,10)4-3-5(6)8/h3-4H2,1-2H3,(H2,6,8). The Balaban J connectivity index is 4.05. The SMILES string of the molecule is CN(C)S(=O)(=O)CCC(N)=O. The van der Waals surface area contributed by atoms with Crippen LogP contribution in [0.25, 0.3) is 0 Å². The van der Waals surface area contributed by atoms with E-state index in [9.17, 15) is 13.2 Å². The normalized spacial score (nSPS) is 11.9. The summed E-state index contributed by atoms with van der Waals surface area (Å²) in [5.74, 6) is -0.814. The molecule has 0 aromatic carbocycles. The lowest BCUT2D eigenvalue weighted by atomic mass is 10.5. The van der Waals surface area contributed by atoms with Crippen LogP contribution in [0.2, 0.25) is 0 Å². The van der Waals surface area contributed by atoms with Crippen LogP contribution >= 0.6 is 0 Å². The highest BCUT2D eigenvalue weighted by Crippen LogP contribution is 1.95. The fourth-order valence-electron chi connectivity index (χ4n) is 0.412. The highest BCUT2D eigenvalue weighted by molar-refractivity contribution is 7.89. The van der Waals surface area contributed by atoms with E-state index in [2.05, 4.69) is 0 Å². The van der Waals surface area contributed by atoms with E-state index in [1.807, 2.05) is 0 Å². The van der Waals surface area contributed by atoms with Crippen molar-refractivity contribution in [1.29, 1.82) is 0 Å². The molecule has 0 radical (unpaired) electrons. The summed E-state index contributed by atoms with van der Waals surface area (Å²) in [7, 11) is -0.435. The van der Waals surface area contributed by atoms with Gasteiger partial charge in [-0.15, -0.1) is 0 Å². The number of nitrogens with two attached hydrogens (primary N) is 1. The summed E-state index contributed by atoms with van der Waals surface area (Å²) in [5, 5.41) is 0. The number of nitrogens with zero attached hydrogens (tertiary/aromatic N) is 1. The summed E-state index contributed by atoms with van der Waals surface area (Å²) in [4.78, 5) is 10.2. The lowest BCUT2D eigenvalue weighted by molar-refractivity contribution is -0.117. The Kier molecular flexibility index (Phi) is 3.47. The van der Waals surface area contributed by atoms with E-state index in [4.69, 9.17) is 5.73 Å². The van der Waals surface area contributed by atoms with Crippen LogP contribution in [-0.4, -0.2) is 38.5 Å². The molecule has 0 spiro atoms. The first-order valence-electron chi connectivity index (χ1n) is 3.05. The fraction of sp³-hybridized carbons (Fsp3) is 0.800. The van der Waals surface area contributed by atoms with E-state index < -0.39 is 15.9 Å². The van der Waals surface area contributed by atoms with Crippen LogP contribution in [0.5, 0.6) is 0 Å². The number of carbonyl (C=O) groups is 1. The molecular formula is C5H12N2O3S. The van der Waals surface area contributed by atoms with E-state index >= 15 is 0 Å². The maximum atomic E-state index is 11.0. The first-order valence-corrected chi connectivity index (χ1v) is 4.65. The van der Waals surface area contributed by atoms with Crippen molar-refractivity contribution in [2.75, 3.05) is 19.8 Å². The van der Waals surface area contributed by atoms with Crippen molar-refractivity contribution in [3.63, 3.8) is 0 Å². The van der Waals surface area contributed by atoms with Crippen molar-refractivity contribution in [3.05, 3.63) is 0 Å². The maximum Gasteiger partial charge on any atom is 0.218 e. The van der Waals surface area contributed by atoms with Crippen molar-refractivity contribution in [1.82, 2.24) is 4.31 Å².